The smallest absolute Gasteiger partial charge is 0.406 e. The van der Waals surface area contributed by atoms with Gasteiger partial charge in [0, 0.05) is 0 Å². The number of carbonyl (C=O) groups is 2. The van der Waals surface area contributed by atoms with Gasteiger partial charge in [0.25, 0.3) is 5.91 Å². The molecule has 1 amide bonds. The number of carboxylic acids is 1. The molecule has 3 unspecified atom stereocenters. The van der Waals surface area contributed by atoms with Crippen LogP contribution in [0.4, 0.5) is 13.2 Å². The number of para-hydroxylation sites is 1. The largest absolute Gasteiger partial charge is 0.494 e. The summed E-state index contributed by atoms with van der Waals surface area (Å²) in [5.74, 6) is -3.12. The zero-order valence-electron chi connectivity index (χ0n) is 19.3. The number of carbonyl (C=O) groups excluding carboxylic acids is 1. The van der Waals surface area contributed by atoms with E-state index in [4.69, 9.17) is 19.0 Å². The Labute approximate surface area is 207 Å². The summed E-state index contributed by atoms with van der Waals surface area (Å²) in [6.45, 7) is -1.10. The first-order chi connectivity index (χ1) is 17.7. The molecule has 1 fully saturated rings. The molecule has 1 aromatic heterocycles. The van der Waals surface area contributed by atoms with E-state index in [0.717, 1.165) is 5.01 Å². The molecule has 10 nitrogen and oxygen atoms in total. The molecule has 3 heterocycles. The molecule has 0 bridgehead atoms. The maximum absolute atomic E-state index is 14.1. The van der Waals surface area contributed by atoms with Crippen LogP contribution in [0.1, 0.15) is 17.4 Å². The monoisotopic (exact) mass is 518 g/mol. The van der Waals surface area contributed by atoms with Gasteiger partial charge < -0.3 is 24.3 Å². The van der Waals surface area contributed by atoms with E-state index in [1.165, 1.54) is 7.11 Å². The summed E-state index contributed by atoms with van der Waals surface area (Å²) in [5.41, 5.74) is 3.11. The van der Waals surface area contributed by atoms with Crippen LogP contribution < -0.4 is 15.5 Å². The number of alkyl halides is 3. The number of rotatable bonds is 7. The number of nitrogens with zero attached hydrogens (tertiary/aromatic N) is 2. The van der Waals surface area contributed by atoms with E-state index in [1.807, 2.05) is 0 Å². The molecule has 2 aromatic carbocycles. The number of fused-ring (bicyclic) bond motifs is 2. The van der Waals surface area contributed by atoms with Crippen LogP contribution >= 0.6 is 0 Å². The molecule has 1 saturated heterocycles. The van der Waals surface area contributed by atoms with E-state index in [2.05, 4.69) is 15.7 Å². The highest BCUT2D eigenvalue weighted by molar-refractivity contribution is 6.20. The number of benzene rings is 2. The maximum Gasteiger partial charge on any atom is 0.406 e. The number of hydrazine groups is 1. The van der Waals surface area contributed by atoms with Crippen molar-refractivity contribution in [3.63, 3.8) is 0 Å². The average Bonchev–Trinajstić information content (AvgIpc) is 3.46. The van der Waals surface area contributed by atoms with Crippen molar-refractivity contribution in [2.45, 2.75) is 24.3 Å². The van der Waals surface area contributed by atoms with E-state index in [1.54, 1.807) is 48.5 Å². The molecule has 2 aliphatic rings. The number of nitrogens with one attached hydrogen (secondary N) is 2. The van der Waals surface area contributed by atoms with Crippen molar-refractivity contribution < 1.29 is 41.8 Å². The van der Waals surface area contributed by atoms with Gasteiger partial charge in [-0.2, -0.15) is 13.2 Å². The summed E-state index contributed by atoms with van der Waals surface area (Å²) < 4.78 is 58.6. The summed E-state index contributed by atoms with van der Waals surface area (Å²) in [7, 11) is 1.43. The van der Waals surface area contributed by atoms with Crippen molar-refractivity contribution in [2.24, 2.45) is 0 Å². The minimum Gasteiger partial charge on any atom is -0.494 e. The molecule has 2 aliphatic heterocycles. The second-order valence-electron chi connectivity index (χ2n) is 8.42. The van der Waals surface area contributed by atoms with Gasteiger partial charge in [0.15, 0.2) is 11.1 Å². The molecule has 37 heavy (non-hydrogen) atoms. The zero-order valence-corrected chi connectivity index (χ0v) is 19.3. The SMILES string of the molecule is COc1cccc2oc(C3=C(COCC(=O)O)NC4C(c5ccccc5)C(C(F)(F)F)NN4C3=O)nc12. The predicted molar refractivity (Wildman–Crippen MR) is 122 cm³/mol. The number of methoxy groups -OCH3 is 1. The number of aliphatic carboxylic acids is 1. The molecule has 3 atom stereocenters. The molecule has 5 rings (SSSR count). The van der Waals surface area contributed by atoms with E-state index >= 15 is 0 Å². The van der Waals surface area contributed by atoms with Crippen LogP contribution in [0.3, 0.4) is 0 Å². The van der Waals surface area contributed by atoms with Crippen molar-refractivity contribution in [2.75, 3.05) is 20.3 Å². The highest BCUT2D eigenvalue weighted by Gasteiger charge is 2.58. The summed E-state index contributed by atoms with van der Waals surface area (Å²) in [4.78, 5) is 29.0. The molecule has 0 aliphatic carbocycles. The van der Waals surface area contributed by atoms with Crippen molar-refractivity contribution in [3.8, 4) is 5.75 Å². The third kappa shape index (κ3) is 4.47. The summed E-state index contributed by atoms with van der Waals surface area (Å²) >= 11 is 0. The predicted octanol–water partition coefficient (Wildman–Crippen LogP) is 2.64. The summed E-state index contributed by atoms with van der Waals surface area (Å²) in [6.07, 6.45) is -5.85. The number of aromatic nitrogens is 1. The number of amides is 1. The minimum atomic E-state index is -4.69. The molecule has 13 heteroatoms. The number of ether oxygens (including phenoxy) is 2. The first-order valence-electron chi connectivity index (χ1n) is 11.1. The van der Waals surface area contributed by atoms with E-state index in [9.17, 15) is 22.8 Å². The Bertz CT molecular complexity index is 1370. The lowest BCUT2D eigenvalue weighted by Crippen LogP contribution is -2.55. The van der Waals surface area contributed by atoms with Crippen LogP contribution in [-0.4, -0.2) is 65.7 Å². The van der Waals surface area contributed by atoms with Gasteiger partial charge in [-0.25, -0.2) is 20.2 Å². The lowest BCUT2D eigenvalue weighted by atomic mass is 9.89. The lowest BCUT2D eigenvalue weighted by molar-refractivity contribution is -0.161. The van der Waals surface area contributed by atoms with Crippen LogP contribution in [0.2, 0.25) is 0 Å². The lowest BCUT2D eigenvalue weighted by Gasteiger charge is -2.35. The van der Waals surface area contributed by atoms with Gasteiger partial charge in [0.05, 0.1) is 25.3 Å². The second-order valence-corrected chi connectivity index (χ2v) is 8.42. The normalized spacial score (nSPS) is 21.8. The van der Waals surface area contributed by atoms with Gasteiger partial charge in [0.2, 0.25) is 5.89 Å². The van der Waals surface area contributed by atoms with E-state index < -0.39 is 49.4 Å². The Balaban J connectivity index is 1.61. The van der Waals surface area contributed by atoms with E-state index in [-0.39, 0.29) is 22.7 Å². The first kappa shape index (κ1) is 24.6. The van der Waals surface area contributed by atoms with E-state index in [0.29, 0.717) is 16.8 Å². The highest BCUT2D eigenvalue weighted by atomic mass is 19.4. The van der Waals surface area contributed by atoms with Crippen molar-refractivity contribution >= 4 is 28.5 Å². The van der Waals surface area contributed by atoms with Gasteiger partial charge in [-0.05, 0) is 17.7 Å². The quantitative estimate of drug-likeness (QED) is 0.433. The Morgan fingerprint density at radius 2 is 1.95 bits per heavy atom. The van der Waals surface area contributed by atoms with Gasteiger partial charge in [-0.3, -0.25) is 4.79 Å². The van der Waals surface area contributed by atoms with Crippen molar-refractivity contribution in [1.82, 2.24) is 20.7 Å². The molecule has 3 N–H and O–H groups in total. The molecule has 0 spiro atoms. The highest BCUT2D eigenvalue weighted by Crippen LogP contribution is 2.43. The fourth-order valence-corrected chi connectivity index (χ4v) is 4.59. The number of hydrogen-bond acceptors (Lipinski definition) is 8. The minimum absolute atomic E-state index is 0.0450. The number of carboxylic acid groups (broad SMARTS) is 1. The first-order valence-corrected chi connectivity index (χ1v) is 11.1. The number of oxazole rings is 1. The zero-order chi connectivity index (χ0) is 26.3. The van der Waals surface area contributed by atoms with Gasteiger partial charge in [-0.1, -0.05) is 36.4 Å². The Morgan fingerprint density at radius 1 is 1.19 bits per heavy atom. The van der Waals surface area contributed by atoms with Crippen LogP contribution in [0.15, 0.2) is 58.6 Å². The maximum atomic E-state index is 14.1. The van der Waals surface area contributed by atoms with Crippen molar-refractivity contribution in [1.29, 1.82) is 0 Å². The van der Waals surface area contributed by atoms with Gasteiger partial charge in [-0.15, -0.1) is 0 Å². The molecular weight excluding hydrogens is 497 g/mol. The second kappa shape index (κ2) is 9.41. The van der Waals surface area contributed by atoms with Crippen LogP contribution in [0, 0.1) is 0 Å². The van der Waals surface area contributed by atoms with Gasteiger partial charge >= 0.3 is 12.1 Å². The molecule has 0 radical (unpaired) electrons. The molecule has 0 saturated carbocycles. The Hall–Kier alpha value is -4.10. The number of halogens is 3. The number of hydrogen-bond donors (Lipinski definition) is 3. The van der Waals surface area contributed by atoms with Crippen molar-refractivity contribution in [3.05, 3.63) is 65.7 Å². The molecule has 3 aromatic rings. The average molecular weight is 518 g/mol. The Morgan fingerprint density at radius 3 is 2.62 bits per heavy atom. The van der Waals surface area contributed by atoms with Gasteiger partial charge in [0.1, 0.15) is 30.1 Å². The third-order valence-corrected chi connectivity index (χ3v) is 6.14. The standard InChI is InChI=1S/C24H21F3N4O6/c1-35-14-8-5-9-15-19(14)29-22(37-15)18-13(10-36-11-16(32)33)28-21-17(12-6-3-2-4-7-12)20(24(25,26)27)30-31(21)23(18)34/h2-9,17,20-21,28,30H,10-11H2,1H3,(H,32,33). The fraction of sp³-hybridized carbons (Fsp3) is 0.292. The third-order valence-electron chi connectivity index (χ3n) is 6.14. The fourth-order valence-electron chi connectivity index (χ4n) is 4.59. The van der Waals surface area contributed by atoms with Crippen LogP contribution in [0.25, 0.3) is 16.7 Å². The van der Waals surface area contributed by atoms with Crippen LogP contribution in [0.5, 0.6) is 5.75 Å². The Kier molecular flexibility index (Phi) is 6.25. The topological polar surface area (TPSA) is 126 Å². The summed E-state index contributed by atoms with van der Waals surface area (Å²) in [6, 6.07) is 10.8. The van der Waals surface area contributed by atoms with Crippen LogP contribution in [-0.2, 0) is 14.3 Å². The summed E-state index contributed by atoms with van der Waals surface area (Å²) in [5, 5.41) is 12.8. The molecule has 194 valence electrons. The molecular formula is C24H21F3N4O6.